The van der Waals surface area contributed by atoms with Crippen LogP contribution in [0.3, 0.4) is 0 Å². The van der Waals surface area contributed by atoms with Crippen LogP contribution in [0.15, 0.2) is 30.3 Å². The van der Waals surface area contributed by atoms with E-state index >= 15 is 0 Å². The molecule has 0 radical (unpaired) electrons. The predicted octanol–water partition coefficient (Wildman–Crippen LogP) is 4.97. The van der Waals surface area contributed by atoms with Crippen molar-refractivity contribution in [1.82, 2.24) is 4.90 Å². The van der Waals surface area contributed by atoms with Crippen LogP contribution in [-0.4, -0.2) is 22.8 Å². The summed E-state index contributed by atoms with van der Waals surface area (Å²) in [5, 5.41) is 10.9. The van der Waals surface area contributed by atoms with Crippen LogP contribution in [0.5, 0.6) is 0 Å². The summed E-state index contributed by atoms with van der Waals surface area (Å²) in [6.45, 7) is -0.0140. The van der Waals surface area contributed by atoms with Gasteiger partial charge in [-0.25, -0.2) is 4.39 Å². The molecule has 2 aromatic rings. The number of carbonyl (C=O) groups is 1. The molecule has 2 rings (SSSR count). The van der Waals surface area contributed by atoms with Gasteiger partial charge in [0.15, 0.2) is 0 Å². The van der Waals surface area contributed by atoms with E-state index in [1.54, 1.807) is 0 Å². The zero-order valence-corrected chi connectivity index (χ0v) is 14.5. The molecule has 1 amide bonds. The highest BCUT2D eigenvalue weighted by molar-refractivity contribution is 6.36. The lowest BCUT2D eigenvalue weighted by Gasteiger charge is -2.19. The molecule has 0 N–H and O–H groups in total. The Kier molecular flexibility index (Phi) is 5.64. The van der Waals surface area contributed by atoms with Crippen LogP contribution in [0.2, 0.25) is 15.1 Å². The lowest BCUT2D eigenvalue weighted by Crippen LogP contribution is -2.26. The summed E-state index contributed by atoms with van der Waals surface area (Å²) in [5.74, 6) is -1.34. The van der Waals surface area contributed by atoms with E-state index in [1.807, 2.05) is 0 Å². The Morgan fingerprint density at radius 3 is 2.46 bits per heavy atom. The summed E-state index contributed by atoms with van der Waals surface area (Å²) in [4.78, 5) is 23.9. The van der Waals surface area contributed by atoms with Crippen molar-refractivity contribution in [3.63, 3.8) is 0 Å². The van der Waals surface area contributed by atoms with E-state index in [1.165, 1.54) is 30.1 Å². The van der Waals surface area contributed by atoms with Gasteiger partial charge < -0.3 is 4.90 Å². The minimum absolute atomic E-state index is 0.00314. The summed E-state index contributed by atoms with van der Waals surface area (Å²) in [5.41, 5.74) is 0.167. The molecule has 0 aromatic heterocycles. The standard InChI is InChI=1S/C15H10Cl3FN2O3/c1-20(7-8-4-9(21(23)24)2-3-11(8)16)15(22)10-5-14(19)13(18)6-12(10)17/h2-6H,7H2,1H3. The molecular formula is C15H10Cl3FN2O3. The maximum Gasteiger partial charge on any atom is 0.269 e. The van der Waals surface area contributed by atoms with Crippen molar-refractivity contribution in [2.45, 2.75) is 6.54 Å². The number of non-ortho nitro benzene ring substituents is 1. The molecule has 0 aliphatic carbocycles. The SMILES string of the molecule is CN(Cc1cc([N+](=O)[O-])ccc1Cl)C(=O)c1cc(F)c(Cl)cc1Cl. The van der Waals surface area contributed by atoms with Crippen molar-refractivity contribution < 1.29 is 14.1 Å². The molecule has 0 saturated heterocycles. The van der Waals surface area contributed by atoms with E-state index in [-0.39, 0.29) is 32.9 Å². The highest BCUT2D eigenvalue weighted by Crippen LogP contribution is 2.27. The van der Waals surface area contributed by atoms with Crippen LogP contribution in [0.4, 0.5) is 10.1 Å². The number of nitrogens with zero attached hydrogens (tertiary/aromatic N) is 2. The number of nitro groups is 1. The average molecular weight is 392 g/mol. The fourth-order valence-corrected chi connectivity index (χ4v) is 2.66. The van der Waals surface area contributed by atoms with Crippen LogP contribution >= 0.6 is 34.8 Å². The number of rotatable bonds is 4. The second-order valence-electron chi connectivity index (χ2n) is 4.94. The molecule has 0 heterocycles. The van der Waals surface area contributed by atoms with Crippen LogP contribution in [0.1, 0.15) is 15.9 Å². The predicted molar refractivity (Wildman–Crippen MR) is 90.3 cm³/mol. The monoisotopic (exact) mass is 390 g/mol. The van der Waals surface area contributed by atoms with Crippen molar-refractivity contribution in [2.24, 2.45) is 0 Å². The number of amides is 1. The fourth-order valence-electron chi connectivity index (χ4n) is 2.02. The molecule has 0 bridgehead atoms. The third kappa shape index (κ3) is 3.95. The Morgan fingerprint density at radius 2 is 1.83 bits per heavy atom. The van der Waals surface area contributed by atoms with E-state index in [4.69, 9.17) is 34.8 Å². The van der Waals surface area contributed by atoms with Gasteiger partial charge in [0.05, 0.1) is 20.5 Å². The number of hydrogen-bond acceptors (Lipinski definition) is 3. The first-order valence-corrected chi connectivity index (χ1v) is 7.67. The quantitative estimate of drug-likeness (QED) is 0.420. The molecule has 0 fully saturated rings. The molecule has 9 heteroatoms. The first kappa shape index (κ1) is 18.4. The lowest BCUT2D eigenvalue weighted by atomic mass is 10.1. The second-order valence-corrected chi connectivity index (χ2v) is 6.16. The zero-order valence-electron chi connectivity index (χ0n) is 12.2. The highest BCUT2D eigenvalue weighted by Gasteiger charge is 2.20. The van der Waals surface area contributed by atoms with Crippen LogP contribution in [0, 0.1) is 15.9 Å². The van der Waals surface area contributed by atoms with E-state index < -0.39 is 16.6 Å². The number of nitro benzene ring substituents is 1. The third-order valence-corrected chi connectivity index (χ3v) is 4.21. The van der Waals surface area contributed by atoms with Crippen LogP contribution < -0.4 is 0 Å². The van der Waals surface area contributed by atoms with Crippen molar-refractivity contribution in [1.29, 1.82) is 0 Å². The summed E-state index contributed by atoms with van der Waals surface area (Å²) < 4.78 is 13.6. The topological polar surface area (TPSA) is 63.4 Å². The molecule has 0 unspecified atom stereocenters. The highest BCUT2D eigenvalue weighted by atomic mass is 35.5. The maximum absolute atomic E-state index is 13.6. The van der Waals surface area contributed by atoms with Gasteiger partial charge in [0, 0.05) is 30.7 Å². The molecule has 0 aliphatic rings. The number of benzene rings is 2. The Hall–Kier alpha value is -1.89. The number of halogens is 4. The lowest BCUT2D eigenvalue weighted by molar-refractivity contribution is -0.384. The van der Waals surface area contributed by atoms with E-state index in [0.717, 1.165) is 12.1 Å². The third-order valence-electron chi connectivity index (χ3n) is 3.23. The van der Waals surface area contributed by atoms with Crippen molar-refractivity contribution in [2.75, 3.05) is 7.05 Å². The van der Waals surface area contributed by atoms with Gasteiger partial charge >= 0.3 is 0 Å². The number of carbonyl (C=O) groups excluding carboxylic acids is 1. The summed E-state index contributed by atoms with van der Waals surface area (Å²) >= 11 is 17.5. The number of hydrogen-bond donors (Lipinski definition) is 0. The Balaban J connectivity index is 2.28. The van der Waals surface area contributed by atoms with Gasteiger partial charge in [-0.05, 0) is 23.8 Å². The maximum atomic E-state index is 13.6. The Morgan fingerprint density at radius 1 is 1.17 bits per heavy atom. The average Bonchev–Trinajstić information content (AvgIpc) is 2.52. The van der Waals surface area contributed by atoms with Crippen molar-refractivity contribution in [3.05, 3.63) is 72.5 Å². The van der Waals surface area contributed by atoms with Gasteiger partial charge in [0.25, 0.3) is 11.6 Å². The molecule has 0 saturated carbocycles. The van der Waals surface area contributed by atoms with Gasteiger partial charge in [0.1, 0.15) is 5.82 Å². The largest absolute Gasteiger partial charge is 0.337 e. The molecule has 2 aromatic carbocycles. The fraction of sp³-hybridized carbons (Fsp3) is 0.133. The minimum Gasteiger partial charge on any atom is -0.337 e. The summed E-state index contributed by atoms with van der Waals surface area (Å²) in [6, 6.07) is 6.00. The Labute approximate surface area is 151 Å². The van der Waals surface area contributed by atoms with Gasteiger partial charge in [-0.1, -0.05) is 34.8 Å². The smallest absolute Gasteiger partial charge is 0.269 e. The summed E-state index contributed by atoms with van der Waals surface area (Å²) in [7, 11) is 1.44. The second kappa shape index (κ2) is 7.34. The van der Waals surface area contributed by atoms with Crippen LogP contribution in [-0.2, 0) is 6.54 Å². The normalized spacial score (nSPS) is 10.5. The molecule has 0 aliphatic heterocycles. The molecule has 0 atom stereocenters. The van der Waals surface area contributed by atoms with E-state index in [9.17, 15) is 19.3 Å². The van der Waals surface area contributed by atoms with Gasteiger partial charge in [-0.3, -0.25) is 14.9 Å². The molecule has 0 spiro atoms. The van der Waals surface area contributed by atoms with Crippen LogP contribution in [0.25, 0.3) is 0 Å². The van der Waals surface area contributed by atoms with Gasteiger partial charge in [-0.2, -0.15) is 0 Å². The molecule has 5 nitrogen and oxygen atoms in total. The molecule has 126 valence electrons. The van der Waals surface area contributed by atoms with Crippen molar-refractivity contribution in [3.8, 4) is 0 Å². The molecular weight excluding hydrogens is 382 g/mol. The van der Waals surface area contributed by atoms with E-state index in [0.29, 0.717) is 5.56 Å². The van der Waals surface area contributed by atoms with E-state index in [2.05, 4.69) is 0 Å². The first-order chi connectivity index (χ1) is 11.2. The summed E-state index contributed by atoms with van der Waals surface area (Å²) in [6.07, 6.45) is 0. The van der Waals surface area contributed by atoms with Gasteiger partial charge in [-0.15, -0.1) is 0 Å². The first-order valence-electron chi connectivity index (χ1n) is 6.53. The molecule has 24 heavy (non-hydrogen) atoms. The van der Waals surface area contributed by atoms with Gasteiger partial charge in [0.2, 0.25) is 0 Å². The van der Waals surface area contributed by atoms with Crippen molar-refractivity contribution >= 4 is 46.4 Å². The Bertz CT molecular complexity index is 830. The minimum atomic E-state index is -0.772. The zero-order chi connectivity index (χ0) is 18.0.